The van der Waals surface area contributed by atoms with Gasteiger partial charge in [-0.3, -0.25) is 4.79 Å². The normalized spacial score (nSPS) is 10.2. The summed E-state index contributed by atoms with van der Waals surface area (Å²) in [6, 6.07) is 10.1. The molecule has 1 heterocycles. The second kappa shape index (κ2) is 5.30. The molecule has 0 bridgehead atoms. The van der Waals surface area contributed by atoms with Gasteiger partial charge in [-0.15, -0.1) is 0 Å². The van der Waals surface area contributed by atoms with Crippen LogP contribution in [0.3, 0.4) is 0 Å². The minimum atomic E-state index is -0.0160. The van der Waals surface area contributed by atoms with Crippen LogP contribution in [0, 0.1) is 0 Å². The number of benzene rings is 1. The number of aromatic nitrogens is 1. The van der Waals surface area contributed by atoms with Crippen LogP contribution in [0.1, 0.15) is 6.92 Å². The first kappa shape index (κ1) is 11.4. The Hall–Kier alpha value is -2.10. The molecule has 0 radical (unpaired) electrons. The van der Waals surface area contributed by atoms with Crippen molar-refractivity contribution in [1.82, 2.24) is 10.3 Å². The fourth-order valence-electron chi connectivity index (χ4n) is 1.68. The summed E-state index contributed by atoms with van der Waals surface area (Å²) in [5, 5.41) is 8.20. The minimum absolute atomic E-state index is 0.0160. The maximum atomic E-state index is 10.7. The summed E-state index contributed by atoms with van der Waals surface area (Å²) < 4.78 is 0. The molecule has 0 saturated heterocycles. The first-order valence-corrected chi connectivity index (χ1v) is 5.59. The van der Waals surface area contributed by atoms with Crippen molar-refractivity contribution in [2.24, 2.45) is 0 Å². The Morgan fingerprint density at radius 1 is 1.24 bits per heavy atom. The van der Waals surface area contributed by atoms with Crippen LogP contribution in [-0.2, 0) is 4.79 Å². The van der Waals surface area contributed by atoms with E-state index in [1.54, 1.807) is 6.20 Å². The second-order valence-corrected chi connectivity index (χ2v) is 3.79. The smallest absolute Gasteiger partial charge is 0.216 e. The van der Waals surface area contributed by atoms with E-state index in [1.807, 2.05) is 24.3 Å². The molecular weight excluding hydrogens is 214 g/mol. The summed E-state index contributed by atoms with van der Waals surface area (Å²) in [4.78, 5) is 15.0. The second-order valence-electron chi connectivity index (χ2n) is 3.79. The predicted molar refractivity (Wildman–Crippen MR) is 68.9 cm³/mol. The Morgan fingerprint density at radius 2 is 2.06 bits per heavy atom. The van der Waals surface area contributed by atoms with Gasteiger partial charge >= 0.3 is 0 Å². The molecule has 2 N–H and O–H groups in total. The minimum Gasteiger partial charge on any atom is -0.368 e. The summed E-state index contributed by atoms with van der Waals surface area (Å²) in [6.07, 6.45) is 1.78. The number of pyridine rings is 1. The van der Waals surface area contributed by atoms with E-state index in [1.165, 1.54) is 6.92 Å². The van der Waals surface area contributed by atoms with E-state index in [-0.39, 0.29) is 5.91 Å². The SMILES string of the molecule is CC(=O)NCCNc1nccc2ccccc12. The van der Waals surface area contributed by atoms with E-state index < -0.39 is 0 Å². The molecule has 0 aliphatic rings. The summed E-state index contributed by atoms with van der Waals surface area (Å²) in [6.45, 7) is 2.77. The van der Waals surface area contributed by atoms with Crippen molar-refractivity contribution < 1.29 is 4.79 Å². The number of nitrogens with one attached hydrogen (secondary N) is 2. The van der Waals surface area contributed by atoms with Gasteiger partial charge in [-0.2, -0.15) is 0 Å². The molecule has 0 unspecified atom stereocenters. The van der Waals surface area contributed by atoms with Gasteiger partial charge < -0.3 is 10.6 Å². The molecule has 0 aliphatic carbocycles. The number of amides is 1. The third kappa shape index (κ3) is 2.93. The third-order valence-electron chi connectivity index (χ3n) is 2.47. The molecule has 0 atom stereocenters. The number of fused-ring (bicyclic) bond motifs is 1. The third-order valence-corrected chi connectivity index (χ3v) is 2.47. The van der Waals surface area contributed by atoms with Crippen molar-refractivity contribution >= 4 is 22.5 Å². The number of nitrogens with zero attached hydrogens (tertiary/aromatic N) is 1. The number of rotatable bonds is 4. The lowest BCUT2D eigenvalue weighted by Crippen LogP contribution is -2.26. The van der Waals surface area contributed by atoms with Crippen LogP contribution in [0.5, 0.6) is 0 Å². The van der Waals surface area contributed by atoms with Gasteiger partial charge in [-0.25, -0.2) is 4.98 Å². The molecule has 0 aliphatic heterocycles. The summed E-state index contributed by atoms with van der Waals surface area (Å²) in [5.41, 5.74) is 0. The Balaban J connectivity index is 2.05. The van der Waals surface area contributed by atoms with E-state index >= 15 is 0 Å². The largest absolute Gasteiger partial charge is 0.368 e. The zero-order chi connectivity index (χ0) is 12.1. The number of carbonyl (C=O) groups excluding carboxylic acids is 1. The van der Waals surface area contributed by atoms with E-state index in [2.05, 4.69) is 21.7 Å². The maximum Gasteiger partial charge on any atom is 0.216 e. The van der Waals surface area contributed by atoms with Gasteiger partial charge in [0.2, 0.25) is 5.91 Å². The van der Waals surface area contributed by atoms with Gasteiger partial charge in [0.15, 0.2) is 0 Å². The van der Waals surface area contributed by atoms with Gasteiger partial charge in [0.25, 0.3) is 0 Å². The van der Waals surface area contributed by atoms with E-state index in [4.69, 9.17) is 0 Å². The standard InChI is InChI=1S/C13H15N3O/c1-10(17)14-8-9-16-13-12-5-3-2-4-11(12)6-7-15-13/h2-7H,8-9H2,1H3,(H,14,17)(H,15,16). The molecule has 0 saturated carbocycles. The van der Waals surface area contributed by atoms with Gasteiger partial charge in [0.1, 0.15) is 5.82 Å². The Kier molecular flexibility index (Phi) is 3.55. The lowest BCUT2D eigenvalue weighted by atomic mass is 10.1. The molecule has 4 heteroatoms. The highest BCUT2D eigenvalue weighted by Crippen LogP contribution is 2.19. The quantitative estimate of drug-likeness (QED) is 0.786. The molecule has 0 fully saturated rings. The number of carbonyl (C=O) groups is 1. The molecular formula is C13H15N3O. The summed E-state index contributed by atoms with van der Waals surface area (Å²) in [5.74, 6) is 0.839. The van der Waals surface area contributed by atoms with E-state index in [0.717, 1.165) is 16.6 Å². The van der Waals surface area contributed by atoms with Crippen molar-refractivity contribution in [3.63, 3.8) is 0 Å². The van der Waals surface area contributed by atoms with Crippen molar-refractivity contribution in [2.45, 2.75) is 6.92 Å². The van der Waals surface area contributed by atoms with Crippen molar-refractivity contribution in [2.75, 3.05) is 18.4 Å². The van der Waals surface area contributed by atoms with Gasteiger partial charge in [-0.05, 0) is 11.5 Å². The monoisotopic (exact) mass is 229 g/mol. The molecule has 17 heavy (non-hydrogen) atoms. The molecule has 1 amide bonds. The number of hydrogen-bond acceptors (Lipinski definition) is 3. The Bertz CT molecular complexity index is 520. The van der Waals surface area contributed by atoms with Gasteiger partial charge in [-0.1, -0.05) is 24.3 Å². The van der Waals surface area contributed by atoms with Crippen LogP contribution in [0.2, 0.25) is 0 Å². The molecule has 88 valence electrons. The fraction of sp³-hybridized carbons (Fsp3) is 0.231. The maximum absolute atomic E-state index is 10.7. The highest BCUT2D eigenvalue weighted by atomic mass is 16.1. The van der Waals surface area contributed by atoms with Crippen molar-refractivity contribution in [1.29, 1.82) is 0 Å². The van der Waals surface area contributed by atoms with Crippen molar-refractivity contribution in [3.8, 4) is 0 Å². The molecule has 1 aromatic carbocycles. The Morgan fingerprint density at radius 3 is 2.88 bits per heavy atom. The first-order chi connectivity index (χ1) is 8.27. The zero-order valence-corrected chi connectivity index (χ0v) is 9.73. The molecule has 2 aromatic rings. The average Bonchev–Trinajstić information content (AvgIpc) is 2.34. The van der Waals surface area contributed by atoms with Crippen LogP contribution in [0.4, 0.5) is 5.82 Å². The predicted octanol–water partition coefficient (Wildman–Crippen LogP) is 1.78. The van der Waals surface area contributed by atoms with E-state index in [0.29, 0.717) is 13.1 Å². The van der Waals surface area contributed by atoms with Crippen LogP contribution < -0.4 is 10.6 Å². The highest BCUT2D eigenvalue weighted by molar-refractivity contribution is 5.91. The van der Waals surface area contributed by atoms with Gasteiger partial charge in [0, 0.05) is 31.6 Å². The zero-order valence-electron chi connectivity index (χ0n) is 9.73. The summed E-state index contributed by atoms with van der Waals surface area (Å²) >= 11 is 0. The van der Waals surface area contributed by atoms with Crippen LogP contribution in [0.15, 0.2) is 36.5 Å². The fourth-order valence-corrected chi connectivity index (χ4v) is 1.68. The lowest BCUT2D eigenvalue weighted by Gasteiger charge is -2.08. The molecule has 0 spiro atoms. The highest BCUT2D eigenvalue weighted by Gasteiger charge is 2.00. The molecule has 4 nitrogen and oxygen atoms in total. The van der Waals surface area contributed by atoms with Crippen LogP contribution in [0.25, 0.3) is 10.8 Å². The van der Waals surface area contributed by atoms with Crippen molar-refractivity contribution in [3.05, 3.63) is 36.5 Å². The molecule has 2 rings (SSSR count). The topological polar surface area (TPSA) is 54.0 Å². The van der Waals surface area contributed by atoms with Crippen LogP contribution in [-0.4, -0.2) is 24.0 Å². The first-order valence-electron chi connectivity index (χ1n) is 5.59. The molecule has 1 aromatic heterocycles. The number of anilines is 1. The van der Waals surface area contributed by atoms with Crippen LogP contribution >= 0.6 is 0 Å². The average molecular weight is 229 g/mol. The summed E-state index contributed by atoms with van der Waals surface area (Å²) in [7, 11) is 0. The Labute approximate surface area is 100 Å². The van der Waals surface area contributed by atoms with E-state index in [9.17, 15) is 4.79 Å². The van der Waals surface area contributed by atoms with Gasteiger partial charge in [0.05, 0.1) is 0 Å². The lowest BCUT2D eigenvalue weighted by molar-refractivity contribution is -0.118. The number of hydrogen-bond donors (Lipinski definition) is 2.